The van der Waals surface area contributed by atoms with Gasteiger partial charge in [-0.3, -0.25) is 4.79 Å². The Kier molecular flexibility index (Phi) is 5.64. The van der Waals surface area contributed by atoms with Crippen LogP contribution in [-0.4, -0.2) is 37.8 Å². The van der Waals surface area contributed by atoms with Crippen molar-refractivity contribution in [3.05, 3.63) is 5.82 Å². The number of rotatable bonds is 7. The summed E-state index contributed by atoms with van der Waals surface area (Å²) in [5.74, 6) is -0.844. The molecule has 5 nitrogen and oxygen atoms in total. The zero-order valence-electron chi connectivity index (χ0n) is 10.3. The fourth-order valence-electron chi connectivity index (χ4n) is 1.42. The molecule has 19 heavy (non-hydrogen) atoms. The van der Waals surface area contributed by atoms with Crippen LogP contribution >= 0.6 is 11.8 Å². The topological polar surface area (TPSA) is 68.0 Å². The van der Waals surface area contributed by atoms with Crippen LogP contribution in [0.25, 0.3) is 0 Å². The van der Waals surface area contributed by atoms with Gasteiger partial charge in [0.1, 0.15) is 5.82 Å². The van der Waals surface area contributed by atoms with E-state index >= 15 is 0 Å². The maximum Gasteiger partial charge on any atom is 0.390 e. The van der Waals surface area contributed by atoms with Gasteiger partial charge < -0.3 is 9.67 Å². The van der Waals surface area contributed by atoms with Crippen molar-refractivity contribution < 1.29 is 23.1 Å². The van der Waals surface area contributed by atoms with E-state index in [1.165, 1.54) is 4.57 Å². The Hall–Kier alpha value is -1.25. The van der Waals surface area contributed by atoms with E-state index in [0.29, 0.717) is 12.2 Å². The van der Waals surface area contributed by atoms with Crippen LogP contribution in [0.3, 0.4) is 0 Å². The second kappa shape index (κ2) is 6.78. The molecule has 1 heterocycles. The van der Waals surface area contributed by atoms with Gasteiger partial charge in [-0.15, -0.1) is 10.2 Å². The number of halogens is 3. The van der Waals surface area contributed by atoms with Gasteiger partial charge in [-0.2, -0.15) is 13.2 Å². The van der Waals surface area contributed by atoms with E-state index in [9.17, 15) is 18.0 Å². The van der Waals surface area contributed by atoms with Gasteiger partial charge in [-0.25, -0.2) is 0 Å². The molecule has 108 valence electrons. The molecule has 1 N–H and O–H groups in total. The second-order valence-electron chi connectivity index (χ2n) is 3.85. The Morgan fingerprint density at radius 3 is 2.63 bits per heavy atom. The zero-order valence-corrected chi connectivity index (χ0v) is 11.1. The summed E-state index contributed by atoms with van der Waals surface area (Å²) in [6.07, 6.45) is -4.00. The van der Waals surface area contributed by atoms with E-state index in [0.717, 1.165) is 18.2 Å². The average molecular weight is 297 g/mol. The Morgan fingerprint density at radius 1 is 1.42 bits per heavy atom. The molecule has 0 spiro atoms. The normalized spacial score (nSPS) is 11.8. The minimum absolute atomic E-state index is 0.218. The van der Waals surface area contributed by atoms with Gasteiger partial charge in [-0.05, 0) is 6.42 Å². The molecule has 1 aromatic rings. The standard InChI is InChI=1S/C10H14F3N3O2S/c1-2-3-7-14-15-9(19-6-8(17)18)16(7)5-4-10(11,12)13/h2-6H2,1H3,(H,17,18). The smallest absolute Gasteiger partial charge is 0.390 e. The highest BCUT2D eigenvalue weighted by molar-refractivity contribution is 7.99. The lowest BCUT2D eigenvalue weighted by molar-refractivity contribution is -0.137. The highest BCUT2D eigenvalue weighted by Gasteiger charge is 2.28. The molecule has 0 amide bonds. The molecule has 1 aromatic heterocycles. The number of thioether (sulfide) groups is 1. The predicted octanol–water partition coefficient (Wildman–Crippen LogP) is 2.36. The number of hydrogen-bond acceptors (Lipinski definition) is 4. The molecular formula is C10H14F3N3O2S. The summed E-state index contributed by atoms with van der Waals surface area (Å²) in [7, 11) is 0. The van der Waals surface area contributed by atoms with Crippen molar-refractivity contribution >= 4 is 17.7 Å². The molecule has 0 unspecified atom stereocenters. The molecular weight excluding hydrogens is 283 g/mol. The fourth-order valence-corrected chi connectivity index (χ4v) is 2.13. The number of aromatic nitrogens is 3. The van der Waals surface area contributed by atoms with Gasteiger partial charge in [0.25, 0.3) is 0 Å². The third-order valence-electron chi connectivity index (χ3n) is 2.21. The lowest BCUT2D eigenvalue weighted by Gasteiger charge is -2.11. The number of alkyl halides is 3. The highest BCUT2D eigenvalue weighted by Crippen LogP contribution is 2.24. The first kappa shape index (κ1) is 15.8. The van der Waals surface area contributed by atoms with Crippen molar-refractivity contribution in [3.8, 4) is 0 Å². The molecule has 0 aromatic carbocycles. The highest BCUT2D eigenvalue weighted by atomic mass is 32.2. The minimum atomic E-state index is -4.26. The summed E-state index contributed by atoms with van der Waals surface area (Å²) in [5.41, 5.74) is 0. The number of carboxylic acid groups (broad SMARTS) is 1. The predicted molar refractivity (Wildman–Crippen MR) is 63.0 cm³/mol. The van der Waals surface area contributed by atoms with E-state index in [1.807, 2.05) is 6.92 Å². The van der Waals surface area contributed by atoms with Crippen LogP contribution in [-0.2, 0) is 17.8 Å². The van der Waals surface area contributed by atoms with Crippen LogP contribution < -0.4 is 0 Å². The molecule has 0 aliphatic heterocycles. The van der Waals surface area contributed by atoms with E-state index in [4.69, 9.17) is 5.11 Å². The first-order valence-corrected chi connectivity index (χ1v) is 6.65. The Balaban J connectivity index is 2.81. The minimum Gasteiger partial charge on any atom is -0.481 e. The number of aliphatic carboxylic acids is 1. The maximum atomic E-state index is 12.3. The number of nitrogens with zero attached hydrogens (tertiary/aromatic N) is 3. The molecule has 0 saturated carbocycles. The van der Waals surface area contributed by atoms with Gasteiger partial charge in [0, 0.05) is 13.0 Å². The Morgan fingerprint density at radius 2 is 2.11 bits per heavy atom. The quantitative estimate of drug-likeness (QED) is 0.782. The van der Waals surface area contributed by atoms with Crippen LogP contribution in [0.1, 0.15) is 25.6 Å². The molecule has 0 saturated heterocycles. The second-order valence-corrected chi connectivity index (χ2v) is 4.79. The van der Waals surface area contributed by atoms with Crippen molar-refractivity contribution in [3.63, 3.8) is 0 Å². The number of aryl methyl sites for hydroxylation is 1. The SMILES string of the molecule is CCCc1nnc(SCC(=O)O)n1CCC(F)(F)F. The van der Waals surface area contributed by atoms with E-state index in [2.05, 4.69) is 10.2 Å². The molecule has 0 aliphatic rings. The number of carbonyl (C=O) groups is 1. The molecule has 1 rings (SSSR count). The summed E-state index contributed by atoms with van der Waals surface area (Å²) >= 11 is 0.875. The summed E-state index contributed by atoms with van der Waals surface area (Å²) in [5, 5.41) is 16.4. The summed E-state index contributed by atoms with van der Waals surface area (Å²) in [4.78, 5) is 10.5. The largest absolute Gasteiger partial charge is 0.481 e. The van der Waals surface area contributed by atoms with Crippen molar-refractivity contribution in [2.24, 2.45) is 0 Å². The van der Waals surface area contributed by atoms with Gasteiger partial charge in [-0.1, -0.05) is 18.7 Å². The number of carboxylic acids is 1. The zero-order chi connectivity index (χ0) is 14.5. The van der Waals surface area contributed by atoms with Gasteiger partial charge in [0.2, 0.25) is 0 Å². The monoisotopic (exact) mass is 297 g/mol. The van der Waals surface area contributed by atoms with Crippen molar-refractivity contribution in [2.75, 3.05) is 5.75 Å². The maximum absolute atomic E-state index is 12.3. The van der Waals surface area contributed by atoms with Crippen LogP contribution in [0.15, 0.2) is 5.16 Å². The summed E-state index contributed by atoms with van der Waals surface area (Å²) < 4.78 is 38.1. The van der Waals surface area contributed by atoms with Crippen LogP contribution in [0.2, 0.25) is 0 Å². The lowest BCUT2D eigenvalue weighted by atomic mass is 10.3. The van der Waals surface area contributed by atoms with Gasteiger partial charge in [0.05, 0.1) is 12.2 Å². The molecule has 0 radical (unpaired) electrons. The molecule has 9 heteroatoms. The lowest BCUT2D eigenvalue weighted by Crippen LogP contribution is -2.15. The van der Waals surface area contributed by atoms with E-state index in [1.54, 1.807) is 0 Å². The van der Waals surface area contributed by atoms with Crippen LogP contribution in [0.4, 0.5) is 13.2 Å². The third-order valence-corrected chi connectivity index (χ3v) is 3.16. The summed E-state index contributed by atoms with van der Waals surface area (Å²) in [6.45, 7) is 1.60. The Labute approximate surface area is 112 Å². The first-order chi connectivity index (χ1) is 8.83. The average Bonchev–Trinajstić information content (AvgIpc) is 2.66. The molecule has 0 atom stereocenters. The first-order valence-electron chi connectivity index (χ1n) is 5.67. The van der Waals surface area contributed by atoms with Crippen molar-refractivity contribution in [2.45, 2.75) is 44.1 Å². The van der Waals surface area contributed by atoms with Crippen LogP contribution in [0.5, 0.6) is 0 Å². The van der Waals surface area contributed by atoms with Crippen molar-refractivity contribution in [1.82, 2.24) is 14.8 Å². The fraction of sp³-hybridized carbons (Fsp3) is 0.700. The third kappa shape index (κ3) is 5.50. The number of hydrogen-bond donors (Lipinski definition) is 1. The molecule has 0 aliphatic carbocycles. The van der Waals surface area contributed by atoms with Gasteiger partial charge >= 0.3 is 12.1 Å². The Bertz CT molecular complexity index is 434. The van der Waals surface area contributed by atoms with Crippen LogP contribution in [0, 0.1) is 0 Å². The van der Waals surface area contributed by atoms with E-state index < -0.39 is 18.6 Å². The van der Waals surface area contributed by atoms with E-state index in [-0.39, 0.29) is 17.5 Å². The molecule has 0 bridgehead atoms. The summed E-state index contributed by atoms with van der Waals surface area (Å²) in [6, 6.07) is 0. The van der Waals surface area contributed by atoms with Crippen molar-refractivity contribution in [1.29, 1.82) is 0 Å². The van der Waals surface area contributed by atoms with Gasteiger partial charge in [0.15, 0.2) is 5.16 Å². The molecule has 0 fully saturated rings.